The molecule has 0 aliphatic rings. The van der Waals surface area contributed by atoms with E-state index in [9.17, 15) is 4.79 Å². The number of pyridine rings is 1. The molecule has 3 rings (SSSR count). The van der Waals surface area contributed by atoms with Crippen LogP contribution in [-0.2, 0) is 6.54 Å². The molecule has 0 saturated carbocycles. The molecule has 0 amide bonds. The lowest BCUT2D eigenvalue weighted by Gasteiger charge is -2.12. The lowest BCUT2D eigenvalue weighted by molar-refractivity contribution is 0.302. The number of hydrogen-bond acceptors (Lipinski definition) is 4. The van der Waals surface area contributed by atoms with E-state index in [0.717, 1.165) is 35.0 Å². The van der Waals surface area contributed by atoms with E-state index >= 15 is 0 Å². The lowest BCUT2D eigenvalue weighted by Crippen LogP contribution is -2.16. The van der Waals surface area contributed by atoms with Crippen LogP contribution in [0.25, 0.3) is 11.2 Å². The Morgan fingerprint density at radius 1 is 1.29 bits per heavy atom. The number of hydrogen-bond donors (Lipinski definition) is 0. The molecule has 0 saturated heterocycles. The van der Waals surface area contributed by atoms with E-state index < -0.39 is 5.76 Å². The van der Waals surface area contributed by atoms with Gasteiger partial charge in [0.05, 0.1) is 13.2 Å². The minimum absolute atomic E-state index is 0.353. The number of aromatic nitrogens is 2. The van der Waals surface area contributed by atoms with Crippen molar-refractivity contribution in [3.8, 4) is 5.75 Å². The SMILES string of the molecule is CCCCCOc1ccc(Br)cc1Cn1c(=O)oc2cccnc21. The number of benzene rings is 1. The van der Waals surface area contributed by atoms with Crippen molar-refractivity contribution < 1.29 is 9.15 Å². The molecule has 0 N–H and O–H groups in total. The maximum absolute atomic E-state index is 12.1. The first-order chi connectivity index (χ1) is 11.7. The summed E-state index contributed by atoms with van der Waals surface area (Å²) in [5.41, 5.74) is 1.94. The fraction of sp³-hybridized carbons (Fsp3) is 0.333. The van der Waals surface area contributed by atoms with Gasteiger partial charge < -0.3 is 9.15 Å². The van der Waals surface area contributed by atoms with Gasteiger partial charge in [0, 0.05) is 16.2 Å². The van der Waals surface area contributed by atoms with Crippen LogP contribution in [0, 0.1) is 0 Å². The van der Waals surface area contributed by atoms with Gasteiger partial charge in [-0.1, -0.05) is 35.7 Å². The highest BCUT2D eigenvalue weighted by Crippen LogP contribution is 2.25. The van der Waals surface area contributed by atoms with Crippen molar-refractivity contribution in [2.75, 3.05) is 6.61 Å². The number of halogens is 1. The summed E-state index contributed by atoms with van der Waals surface area (Å²) in [6.07, 6.45) is 4.96. The van der Waals surface area contributed by atoms with Gasteiger partial charge in [-0.25, -0.2) is 9.78 Å². The fourth-order valence-electron chi connectivity index (χ4n) is 2.56. The highest BCUT2D eigenvalue weighted by atomic mass is 79.9. The second-order valence-electron chi connectivity index (χ2n) is 5.59. The number of oxazole rings is 1. The van der Waals surface area contributed by atoms with E-state index in [2.05, 4.69) is 27.8 Å². The molecule has 24 heavy (non-hydrogen) atoms. The highest BCUT2D eigenvalue weighted by molar-refractivity contribution is 9.10. The third kappa shape index (κ3) is 3.70. The molecule has 0 radical (unpaired) electrons. The van der Waals surface area contributed by atoms with E-state index in [1.165, 1.54) is 4.57 Å². The van der Waals surface area contributed by atoms with Crippen LogP contribution in [-0.4, -0.2) is 16.2 Å². The molecule has 3 aromatic rings. The summed E-state index contributed by atoms with van der Waals surface area (Å²) in [5.74, 6) is 0.368. The molecule has 0 spiro atoms. The molecule has 0 atom stereocenters. The van der Waals surface area contributed by atoms with Gasteiger partial charge >= 0.3 is 5.76 Å². The van der Waals surface area contributed by atoms with Crippen LogP contribution in [0.3, 0.4) is 0 Å². The Morgan fingerprint density at radius 2 is 2.17 bits per heavy atom. The van der Waals surface area contributed by atoms with Crippen molar-refractivity contribution in [1.29, 1.82) is 0 Å². The largest absolute Gasteiger partial charge is 0.493 e. The molecule has 0 fully saturated rings. The van der Waals surface area contributed by atoms with Crippen LogP contribution in [0.5, 0.6) is 5.75 Å². The monoisotopic (exact) mass is 390 g/mol. The van der Waals surface area contributed by atoms with E-state index in [1.807, 2.05) is 18.2 Å². The van der Waals surface area contributed by atoms with Gasteiger partial charge in [-0.3, -0.25) is 4.57 Å². The predicted octanol–water partition coefficient (Wildman–Crippen LogP) is 4.37. The number of ether oxygens (including phenoxy) is 1. The first-order valence-electron chi connectivity index (χ1n) is 8.04. The molecular weight excluding hydrogens is 372 g/mol. The van der Waals surface area contributed by atoms with Crippen molar-refractivity contribution in [1.82, 2.24) is 9.55 Å². The van der Waals surface area contributed by atoms with Gasteiger partial charge in [-0.2, -0.15) is 0 Å². The Kier molecular flexibility index (Phi) is 5.35. The topological polar surface area (TPSA) is 57.3 Å². The van der Waals surface area contributed by atoms with Gasteiger partial charge in [0.1, 0.15) is 5.75 Å². The number of unbranched alkanes of at least 4 members (excludes halogenated alkanes) is 2. The van der Waals surface area contributed by atoms with Gasteiger partial charge in [-0.15, -0.1) is 0 Å². The van der Waals surface area contributed by atoms with Crippen molar-refractivity contribution in [2.24, 2.45) is 0 Å². The molecular formula is C18H19BrN2O3. The Balaban J connectivity index is 1.89. The standard InChI is InChI=1S/C18H19BrN2O3/c1-2-3-4-10-23-15-8-7-14(19)11-13(15)12-21-17-16(24-18(21)22)6-5-9-20-17/h5-9,11H,2-4,10,12H2,1H3. The van der Waals surface area contributed by atoms with Crippen molar-refractivity contribution >= 4 is 27.2 Å². The zero-order valence-corrected chi connectivity index (χ0v) is 15.1. The van der Waals surface area contributed by atoms with Crippen LogP contribution in [0.1, 0.15) is 31.7 Å². The van der Waals surface area contributed by atoms with E-state index in [-0.39, 0.29) is 0 Å². The van der Waals surface area contributed by atoms with Crippen LogP contribution >= 0.6 is 15.9 Å². The van der Waals surface area contributed by atoms with Gasteiger partial charge in [0.25, 0.3) is 0 Å². The summed E-state index contributed by atoms with van der Waals surface area (Å²) in [4.78, 5) is 16.4. The zero-order valence-electron chi connectivity index (χ0n) is 13.5. The Bertz CT molecular complexity index is 885. The average molecular weight is 391 g/mol. The van der Waals surface area contributed by atoms with Gasteiger partial charge in [0.15, 0.2) is 11.2 Å². The molecule has 0 aliphatic heterocycles. The average Bonchev–Trinajstić information content (AvgIpc) is 2.89. The molecule has 0 bridgehead atoms. The Labute approximate surface area is 148 Å². The normalized spacial score (nSPS) is 11.1. The second kappa shape index (κ2) is 7.66. The van der Waals surface area contributed by atoms with Crippen LogP contribution in [0.4, 0.5) is 0 Å². The van der Waals surface area contributed by atoms with Gasteiger partial charge in [0.2, 0.25) is 0 Å². The van der Waals surface area contributed by atoms with E-state index in [0.29, 0.717) is 24.4 Å². The summed E-state index contributed by atoms with van der Waals surface area (Å²) in [5, 5.41) is 0. The van der Waals surface area contributed by atoms with E-state index in [4.69, 9.17) is 9.15 Å². The van der Waals surface area contributed by atoms with Crippen molar-refractivity contribution in [2.45, 2.75) is 32.7 Å². The van der Waals surface area contributed by atoms with Crippen LogP contribution in [0.2, 0.25) is 0 Å². The maximum Gasteiger partial charge on any atom is 0.421 e. The second-order valence-corrected chi connectivity index (χ2v) is 6.50. The number of nitrogens with zero attached hydrogens (tertiary/aromatic N) is 2. The molecule has 126 valence electrons. The summed E-state index contributed by atoms with van der Waals surface area (Å²) < 4.78 is 13.6. The molecule has 0 aliphatic carbocycles. The first kappa shape index (κ1) is 16.8. The quantitative estimate of drug-likeness (QED) is 0.562. The third-order valence-corrected chi connectivity index (χ3v) is 4.27. The summed E-state index contributed by atoms with van der Waals surface area (Å²) >= 11 is 3.48. The maximum atomic E-state index is 12.1. The fourth-order valence-corrected chi connectivity index (χ4v) is 2.97. The first-order valence-corrected chi connectivity index (χ1v) is 8.84. The summed E-state index contributed by atoms with van der Waals surface area (Å²) in [7, 11) is 0. The van der Waals surface area contributed by atoms with Crippen LogP contribution in [0.15, 0.2) is 50.2 Å². The number of fused-ring (bicyclic) bond motifs is 1. The van der Waals surface area contributed by atoms with Gasteiger partial charge in [-0.05, 0) is 36.8 Å². The van der Waals surface area contributed by atoms with E-state index in [1.54, 1.807) is 18.3 Å². The molecule has 6 heteroatoms. The molecule has 2 aromatic heterocycles. The molecule has 0 unspecified atom stereocenters. The number of rotatable bonds is 7. The summed E-state index contributed by atoms with van der Waals surface area (Å²) in [6, 6.07) is 9.31. The summed E-state index contributed by atoms with van der Waals surface area (Å²) in [6.45, 7) is 3.18. The van der Waals surface area contributed by atoms with Crippen molar-refractivity contribution in [3.05, 3.63) is 57.1 Å². The molecule has 1 aromatic carbocycles. The minimum atomic E-state index is -0.416. The smallest absolute Gasteiger partial charge is 0.421 e. The third-order valence-electron chi connectivity index (χ3n) is 3.78. The zero-order chi connectivity index (χ0) is 16.9. The molecule has 5 nitrogen and oxygen atoms in total. The van der Waals surface area contributed by atoms with Crippen LogP contribution < -0.4 is 10.5 Å². The predicted molar refractivity (Wildman–Crippen MR) is 96.5 cm³/mol. The lowest BCUT2D eigenvalue weighted by atomic mass is 10.2. The Hall–Kier alpha value is -2.08. The Morgan fingerprint density at radius 3 is 3.00 bits per heavy atom. The molecule has 2 heterocycles. The van der Waals surface area contributed by atoms with Crippen molar-refractivity contribution in [3.63, 3.8) is 0 Å². The minimum Gasteiger partial charge on any atom is -0.493 e. The highest BCUT2D eigenvalue weighted by Gasteiger charge is 2.13.